The maximum atomic E-state index is 11.4. The molecule has 0 radical (unpaired) electrons. The van der Waals surface area contributed by atoms with Gasteiger partial charge in [0, 0.05) is 10.5 Å². The second-order valence-electron chi connectivity index (χ2n) is 4.29. The second kappa shape index (κ2) is 6.60. The average molecular weight is 292 g/mol. The van der Waals surface area contributed by atoms with Crippen LogP contribution in [0.2, 0.25) is 0 Å². The number of carbonyl (C=O) groups is 1. The summed E-state index contributed by atoms with van der Waals surface area (Å²) in [7, 11) is 0. The first kappa shape index (κ1) is 14.6. The van der Waals surface area contributed by atoms with Gasteiger partial charge in [-0.25, -0.2) is 5.84 Å². The van der Waals surface area contributed by atoms with Gasteiger partial charge in [-0.05, 0) is 30.7 Å². The molecule has 4 N–H and O–H groups in total. The summed E-state index contributed by atoms with van der Waals surface area (Å²) < 4.78 is 5.48. The third kappa shape index (κ3) is 3.41. The second-order valence-corrected chi connectivity index (χ2v) is 5.34. The largest absolute Gasteiger partial charge is 0.455 e. The number of furan rings is 1. The number of aliphatic hydroxyl groups excluding tert-OH is 1. The van der Waals surface area contributed by atoms with Crippen molar-refractivity contribution in [3.05, 3.63) is 53.0 Å². The van der Waals surface area contributed by atoms with Gasteiger partial charge in [0.1, 0.15) is 5.76 Å². The van der Waals surface area contributed by atoms with E-state index in [1.807, 2.05) is 30.3 Å². The summed E-state index contributed by atoms with van der Waals surface area (Å²) in [5.74, 6) is 6.26. The number of amides is 1. The lowest BCUT2D eigenvalue weighted by Gasteiger charge is -2.01. The monoisotopic (exact) mass is 292 g/mol. The smallest absolute Gasteiger partial charge is 0.301 e. The molecule has 0 saturated carbocycles. The predicted octanol–water partition coefficient (Wildman–Crippen LogP) is 1.98. The van der Waals surface area contributed by atoms with Gasteiger partial charge in [0.25, 0.3) is 0 Å². The van der Waals surface area contributed by atoms with E-state index < -0.39 is 5.91 Å². The SMILES string of the molecule is Cc1cc(CSc2ccc(CO)cc2)oc1C(=O)NN. The Morgan fingerprint density at radius 3 is 2.70 bits per heavy atom. The highest BCUT2D eigenvalue weighted by molar-refractivity contribution is 7.98. The molecule has 0 aliphatic rings. The van der Waals surface area contributed by atoms with E-state index in [9.17, 15) is 4.79 Å². The Balaban J connectivity index is 2.01. The third-order valence-corrected chi connectivity index (χ3v) is 3.83. The molecular weight excluding hydrogens is 276 g/mol. The van der Waals surface area contributed by atoms with Crippen LogP contribution >= 0.6 is 11.8 Å². The molecule has 0 bridgehead atoms. The Hall–Kier alpha value is -1.76. The Kier molecular flexibility index (Phi) is 4.84. The fraction of sp³-hybridized carbons (Fsp3) is 0.214. The zero-order valence-corrected chi connectivity index (χ0v) is 11.9. The molecule has 1 heterocycles. The molecule has 0 atom stereocenters. The van der Waals surface area contributed by atoms with Gasteiger partial charge in [0.2, 0.25) is 0 Å². The number of thioether (sulfide) groups is 1. The Morgan fingerprint density at radius 2 is 2.10 bits per heavy atom. The van der Waals surface area contributed by atoms with Crippen LogP contribution < -0.4 is 11.3 Å². The number of nitrogens with two attached hydrogens (primary N) is 1. The number of benzene rings is 1. The van der Waals surface area contributed by atoms with E-state index in [4.69, 9.17) is 15.4 Å². The van der Waals surface area contributed by atoms with Crippen molar-refractivity contribution >= 4 is 17.7 Å². The van der Waals surface area contributed by atoms with Gasteiger partial charge in [0.15, 0.2) is 5.76 Å². The first-order chi connectivity index (χ1) is 9.63. The van der Waals surface area contributed by atoms with Crippen LogP contribution in [0.15, 0.2) is 39.6 Å². The topological polar surface area (TPSA) is 88.5 Å². The highest BCUT2D eigenvalue weighted by Gasteiger charge is 2.14. The summed E-state index contributed by atoms with van der Waals surface area (Å²) in [6.45, 7) is 1.85. The minimum absolute atomic E-state index is 0.0416. The third-order valence-electron chi connectivity index (χ3n) is 2.79. The average Bonchev–Trinajstić information content (AvgIpc) is 2.86. The van der Waals surface area contributed by atoms with Crippen molar-refractivity contribution in [2.24, 2.45) is 5.84 Å². The van der Waals surface area contributed by atoms with E-state index in [2.05, 4.69) is 5.43 Å². The van der Waals surface area contributed by atoms with Crippen molar-refractivity contribution in [2.45, 2.75) is 24.2 Å². The van der Waals surface area contributed by atoms with Crippen molar-refractivity contribution in [2.75, 3.05) is 0 Å². The van der Waals surface area contributed by atoms with Crippen LogP contribution in [0.25, 0.3) is 0 Å². The van der Waals surface area contributed by atoms with E-state index in [1.54, 1.807) is 18.7 Å². The van der Waals surface area contributed by atoms with E-state index >= 15 is 0 Å². The van der Waals surface area contributed by atoms with E-state index in [1.165, 1.54) is 0 Å². The van der Waals surface area contributed by atoms with E-state index in [0.717, 1.165) is 21.8 Å². The number of rotatable bonds is 5. The highest BCUT2D eigenvalue weighted by Crippen LogP contribution is 2.25. The Labute approximate surface area is 121 Å². The maximum Gasteiger partial charge on any atom is 0.301 e. The number of hydrazine groups is 1. The van der Waals surface area contributed by atoms with Gasteiger partial charge in [-0.1, -0.05) is 12.1 Å². The number of hydrogen-bond donors (Lipinski definition) is 3. The summed E-state index contributed by atoms with van der Waals surface area (Å²) in [6, 6.07) is 9.48. The quantitative estimate of drug-likeness (QED) is 0.339. The zero-order chi connectivity index (χ0) is 14.5. The van der Waals surface area contributed by atoms with Crippen molar-refractivity contribution in [3.8, 4) is 0 Å². The Bertz CT molecular complexity index is 593. The number of carbonyl (C=O) groups excluding carboxylic acids is 1. The Morgan fingerprint density at radius 1 is 1.40 bits per heavy atom. The standard InChI is InChI=1S/C14H16N2O3S/c1-9-6-11(19-13(9)14(18)16-15)8-20-12-4-2-10(7-17)3-5-12/h2-6,17H,7-8,15H2,1H3,(H,16,18). The van der Waals surface area contributed by atoms with Gasteiger partial charge in [-0.15, -0.1) is 11.8 Å². The molecule has 2 rings (SSSR count). The molecule has 0 unspecified atom stereocenters. The summed E-state index contributed by atoms with van der Waals surface area (Å²) in [4.78, 5) is 12.5. The summed E-state index contributed by atoms with van der Waals surface area (Å²) in [5, 5.41) is 8.98. The molecule has 0 aliphatic heterocycles. The van der Waals surface area contributed by atoms with E-state index in [-0.39, 0.29) is 12.4 Å². The summed E-state index contributed by atoms with van der Waals surface area (Å²) in [5.41, 5.74) is 3.70. The van der Waals surface area contributed by atoms with Crippen LogP contribution in [0.5, 0.6) is 0 Å². The lowest BCUT2D eigenvalue weighted by Crippen LogP contribution is -2.30. The van der Waals surface area contributed by atoms with Crippen LogP contribution in [-0.2, 0) is 12.4 Å². The van der Waals surface area contributed by atoms with E-state index in [0.29, 0.717) is 5.75 Å². The van der Waals surface area contributed by atoms with Gasteiger partial charge < -0.3 is 9.52 Å². The first-order valence-electron chi connectivity index (χ1n) is 6.07. The minimum Gasteiger partial charge on any atom is -0.455 e. The van der Waals surface area contributed by atoms with Crippen LogP contribution in [0.1, 0.15) is 27.4 Å². The fourth-order valence-corrected chi connectivity index (χ4v) is 2.54. The molecule has 0 aliphatic carbocycles. The number of hydrogen-bond acceptors (Lipinski definition) is 5. The normalized spacial score (nSPS) is 10.6. The summed E-state index contributed by atoms with van der Waals surface area (Å²) in [6.07, 6.45) is 0. The molecule has 106 valence electrons. The van der Waals surface area contributed by atoms with Crippen LogP contribution in [-0.4, -0.2) is 11.0 Å². The molecule has 0 fully saturated rings. The number of nitrogen functional groups attached to an aromatic ring is 1. The van der Waals surface area contributed by atoms with Gasteiger partial charge in [0.05, 0.1) is 12.4 Å². The number of nitrogens with one attached hydrogen (secondary N) is 1. The number of aryl methyl sites for hydroxylation is 1. The number of aliphatic hydroxyl groups is 1. The van der Waals surface area contributed by atoms with Gasteiger partial charge >= 0.3 is 5.91 Å². The molecule has 5 nitrogen and oxygen atoms in total. The van der Waals surface area contributed by atoms with Gasteiger partial charge in [-0.3, -0.25) is 10.2 Å². The zero-order valence-electron chi connectivity index (χ0n) is 11.1. The fourth-order valence-electron chi connectivity index (χ4n) is 1.76. The van der Waals surface area contributed by atoms with Crippen LogP contribution in [0.3, 0.4) is 0 Å². The van der Waals surface area contributed by atoms with Crippen molar-refractivity contribution in [1.29, 1.82) is 0 Å². The minimum atomic E-state index is -0.425. The molecule has 0 spiro atoms. The van der Waals surface area contributed by atoms with Crippen LogP contribution in [0, 0.1) is 6.92 Å². The molecule has 2 aromatic rings. The van der Waals surface area contributed by atoms with Crippen LogP contribution in [0.4, 0.5) is 0 Å². The molecular formula is C14H16N2O3S. The molecule has 20 heavy (non-hydrogen) atoms. The maximum absolute atomic E-state index is 11.4. The highest BCUT2D eigenvalue weighted by atomic mass is 32.2. The first-order valence-corrected chi connectivity index (χ1v) is 7.05. The summed E-state index contributed by atoms with van der Waals surface area (Å²) >= 11 is 1.60. The molecule has 1 aromatic heterocycles. The molecule has 6 heteroatoms. The molecule has 0 saturated heterocycles. The lowest BCUT2D eigenvalue weighted by molar-refractivity contribution is 0.0923. The lowest BCUT2D eigenvalue weighted by atomic mass is 10.2. The van der Waals surface area contributed by atoms with Gasteiger partial charge in [-0.2, -0.15) is 0 Å². The molecule has 1 amide bonds. The van der Waals surface area contributed by atoms with Crippen molar-refractivity contribution in [1.82, 2.24) is 5.43 Å². The van der Waals surface area contributed by atoms with Crippen molar-refractivity contribution in [3.63, 3.8) is 0 Å². The molecule has 1 aromatic carbocycles. The van der Waals surface area contributed by atoms with Crippen molar-refractivity contribution < 1.29 is 14.3 Å². The predicted molar refractivity (Wildman–Crippen MR) is 77.0 cm³/mol.